The smallest absolute Gasteiger partial charge is 0.193 e. The molecule has 0 fully saturated rings. The topological polar surface area (TPSA) is 36.9 Å². The Kier molecular flexibility index (Phi) is 5.04. The fourth-order valence-electron chi connectivity index (χ4n) is 3.22. The number of rotatable bonds is 5. The second-order valence-corrected chi connectivity index (χ2v) is 6.23. The molecule has 1 aliphatic rings. The molecule has 0 saturated heterocycles. The van der Waals surface area contributed by atoms with Crippen molar-refractivity contribution < 1.29 is 4.74 Å². The van der Waals surface area contributed by atoms with Crippen molar-refractivity contribution in [3.8, 4) is 5.75 Å². The molecule has 2 aromatic carbocycles. The van der Waals surface area contributed by atoms with E-state index in [9.17, 15) is 0 Å². The number of nitrogens with one attached hydrogen (secondary N) is 1. The lowest BCUT2D eigenvalue weighted by atomic mass is 9.78. The van der Waals surface area contributed by atoms with Crippen molar-refractivity contribution in [2.75, 3.05) is 27.7 Å². The van der Waals surface area contributed by atoms with Crippen LogP contribution >= 0.6 is 0 Å². The number of guanidine groups is 1. The highest BCUT2D eigenvalue weighted by Crippen LogP contribution is 2.33. The second kappa shape index (κ2) is 7.39. The van der Waals surface area contributed by atoms with Crippen LogP contribution < -0.4 is 10.1 Å². The van der Waals surface area contributed by atoms with Gasteiger partial charge in [0.1, 0.15) is 5.75 Å². The van der Waals surface area contributed by atoms with Crippen LogP contribution in [0, 0.1) is 0 Å². The highest BCUT2D eigenvalue weighted by molar-refractivity contribution is 5.79. The number of ether oxygens (including phenoxy) is 1. The zero-order valence-electron chi connectivity index (χ0n) is 14.6. The van der Waals surface area contributed by atoms with Crippen LogP contribution in [-0.4, -0.2) is 38.6 Å². The lowest BCUT2D eigenvalue weighted by Gasteiger charge is -2.32. The summed E-state index contributed by atoms with van der Waals surface area (Å²) < 4.78 is 5.21. The molecule has 126 valence electrons. The number of nitrogens with zero attached hydrogens (tertiary/aromatic N) is 2. The first-order valence-electron chi connectivity index (χ1n) is 8.33. The van der Waals surface area contributed by atoms with Gasteiger partial charge in [-0.25, -0.2) is 0 Å². The molecule has 0 saturated carbocycles. The Bertz CT molecular complexity index is 709. The fourth-order valence-corrected chi connectivity index (χ4v) is 3.22. The summed E-state index contributed by atoms with van der Waals surface area (Å²) in [5.41, 5.74) is 4.18. The molecule has 4 nitrogen and oxygen atoms in total. The number of hydrogen-bond donors (Lipinski definition) is 1. The van der Waals surface area contributed by atoms with Gasteiger partial charge >= 0.3 is 0 Å². The van der Waals surface area contributed by atoms with E-state index in [2.05, 4.69) is 58.7 Å². The first-order valence-corrected chi connectivity index (χ1v) is 8.33. The number of hydrogen-bond acceptors (Lipinski definition) is 2. The van der Waals surface area contributed by atoms with Crippen LogP contribution in [0.5, 0.6) is 5.75 Å². The molecule has 1 atom stereocenters. The summed E-state index contributed by atoms with van der Waals surface area (Å²) in [7, 11) is 5.58. The van der Waals surface area contributed by atoms with Gasteiger partial charge in [0.2, 0.25) is 0 Å². The highest BCUT2D eigenvalue weighted by atomic mass is 16.5. The molecule has 0 heterocycles. The molecule has 0 aliphatic heterocycles. The third-order valence-electron chi connectivity index (χ3n) is 4.62. The van der Waals surface area contributed by atoms with E-state index in [0.717, 1.165) is 31.2 Å². The minimum absolute atomic E-state index is 0.590. The molecular weight excluding hydrogens is 298 g/mol. The predicted octanol–water partition coefficient (Wildman–Crippen LogP) is 3.04. The van der Waals surface area contributed by atoms with Gasteiger partial charge in [-0.1, -0.05) is 36.4 Å². The van der Waals surface area contributed by atoms with Gasteiger partial charge in [0.25, 0.3) is 0 Å². The monoisotopic (exact) mass is 323 g/mol. The average molecular weight is 323 g/mol. The van der Waals surface area contributed by atoms with Crippen molar-refractivity contribution in [3.05, 3.63) is 65.2 Å². The van der Waals surface area contributed by atoms with Gasteiger partial charge in [-0.15, -0.1) is 0 Å². The van der Waals surface area contributed by atoms with Gasteiger partial charge < -0.3 is 15.0 Å². The largest absolute Gasteiger partial charge is 0.497 e. The normalized spacial score (nSPS) is 16.1. The van der Waals surface area contributed by atoms with Crippen molar-refractivity contribution in [1.82, 2.24) is 10.2 Å². The van der Waals surface area contributed by atoms with Crippen LogP contribution in [0.15, 0.2) is 53.5 Å². The van der Waals surface area contributed by atoms with Crippen LogP contribution in [0.3, 0.4) is 0 Å². The zero-order valence-corrected chi connectivity index (χ0v) is 14.6. The molecule has 2 aromatic rings. The Hall–Kier alpha value is -2.49. The molecular formula is C20H25N3O. The summed E-state index contributed by atoms with van der Waals surface area (Å²) in [5, 5.41) is 3.51. The summed E-state index contributed by atoms with van der Waals surface area (Å²) in [6, 6.07) is 16.8. The van der Waals surface area contributed by atoms with Gasteiger partial charge in [0.05, 0.1) is 7.11 Å². The van der Waals surface area contributed by atoms with E-state index in [4.69, 9.17) is 4.74 Å². The first kappa shape index (κ1) is 16.4. The third kappa shape index (κ3) is 3.53. The molecule has 3 rings (SSSR count). The first-order chi connectivity index (χ1) is 11.7. The van der Waals surface area contributed by atoms with Crippen molar-refractivity contribution in [3.63, 3.8) is 0 Å². The molecule has 4 heteroatoms. The maximum Gasteiger partial charge on any atom is 0.193 e. The predicted molar refractivity (Wildman–Crippen MR) is 98.7 cm³/mol. The number of aliphatic imine (C=N–C) groups is 1. The number of methoxy groups -OCH3 is 1. The Morgan fingerprint density at radius 3 is 2.62 bits per heavy atom. The van der Waals surface area contributed by atoms with Crippen LogP contribution in [0.4, 0.5) is 0 Å². The van der Waals surface area contributed by atoms with Crippen LogP contribution in [-0.2, 0) is 13.0 Å². The Labute approximate surface area is 144 Å². The summed E-state index contributed by atoms with van der Waals surface area (Å²) in [6.07, 6.45) is 1.16. The molecule has 1 unspecified atom stereocenters. The van der Waals surface area contributed by atoms with E-state index < -0.39 is 0 Å². The zero-order chi connectivity index (χ0) is 16.9. The summed E-state index contributed by atoms with van der Waals surface area (Å²) in [5.74, 6) is 2.40. The Morgan fingerprint density at radius 2 is 1.96 bits per heavy atom. The van der Waals surface area contributed by atoms with Crippen LogP contribution in [0.1, 0.15) is 22.6 Å². The lowest BCUT2D eigenvalue weighted by molar-refractivity contribution is 0.414. The number of fused-ring (bicyclic) bond motifs is 1. The van der Waals surface area contributed by atoms with E-state index in [0.29, 0.717) is 5.92 Å². The van der Waals surface area contributed by atoms with Gasteiger partial charge in [0, 0.05) is 33.1 Å². The van der Waals surface area contributed by atoms with E-state index in [1.807, 2.05) is 19.2 Å². The molecule has 0 amide bonds. The molecule has 1 N–H and O–H groups in total. The Morgan fingerprint density at radius 1 is 1.21 bits per heavy atom. The molecule has 0 aromatic heterocycles. The van der Waals surface area contributed by atoms with Crippen LogP contribution in [0.2, 0.25) is 0 Å². The summed E-state index contributed by atoms with van der Waals surface area (Å²) in [4.78, 5) is 6.56. The SMILES string of the molecule is CN=C(NCC1Cc2ccccc21)N(C)Cc1ccc(OC)cc1. The van der Waals surface area contributed by atoms with Crippen molar-refractivity contribution >= 4 is 5.96 Å². The molecule has 0 bridgehead atoms. The third-order valence-corrected chi connectivity index (χ3v) is 4.62. The van der Waals surface area contributed by atoms with Gasteiger partial charge in [-0.05, 0) is 35.2 Å². The maximum atomic E-state index is 5.21. The van der Waals surface area contributed by atoms with E-state index in [1.54, 1.807) is 7.11 Å². The molecule has 0 spiro atoms. The quantitative estimate of drug-likeness (QED) is 0.679. The maximum absolute atomic E-state index is 5.21. The van der Waals surface area contributed by atoms with Crippen molar-refractivity contribution in [2.24, 2.45) is 4.99 Å². The van der Waals surface area contributed by atoms with Gasteiger partial charge in [0.15, 0.2) is 5.96 Å². The van der Waals surface area contributed by atoms with Crippen molar-refractivity contribution in [2.45, 2.75) is 18.9 Å². The Balaban J connectivity index is 1.54. The van der Waals surface area contributed by atoms with Crippen LogP contribution in [0.25, 0.3) is 0 Å². The van der Waals surface area contributed by atoms with Gasteiger partial charge in [-0.2, -0.15) is 0 Å². The molecule has 0 radical (unpaired) electrons. The standard InChI is InChI=1S/C20H25N3O/c1-21-20(22-13-17-12-16-6-4-5-7-19(16)17)23(2)14-15-8-10-18(24-3)11-9-15/h4-11,17H,12-14H2,1-3H3,(H,21,22). The minimum atomic E-state index is 0.590. The van der Waals surface area contributed by atoms with E-state index >= 15 is 0 Å². The lowest BCUT2D eigenvalue weighted by Crippen LogP contribution is -2.41. The van der Waals surface area contributed by atoms with E-state index in [1.165, 1.54) is 16.7 Å². The average Bonchev–Trinajstić information content (AvgIpc) is 2.59. The molecule has 1 aliphatic carbocycles. The number of benzene rings is 2. The van der Waals surface area contributed by atoms with Crippen molar-refractivity contribution in [1.29, 1.82) is 0 Å². The minimum Gasteiger partial charge on any atom is -0.497 e. The van der Waals surface area contributed by atoms with E-state index in [-0.39, 0.29) is 0 Å². The second-order valence-electron chi connectivity index (χ2n) is 6.23. The highest BCUT2D eigenvalue weighted by Gasteiger charge is 2.25. The fraction of sp³-hybridized carbons (Fsp3) is 0.350. The summed E-state index contributed by atoms with van der Waals surface area (Å²) in [6.45, 7) is 1.74. The summed E-state index contributed by atoms with van der Waals surface area (Å²) >= 11 is 0. The van der Waals surface area contributed by atoms with Gasteiger partial charge in [-0.3, -0.25) is 4.99 Å². The molecule has 24 heavy (non-hydrogen) atoms.